The average Bonchev–Trinajstić information content (AvgIpc) is 2.98. The third kappa shape index (κ3) is 2.76. The third-order valence-electron chi connectivity index (χ3n) is 4.41. The Morgan fingerprint density at radius 1 is 1.47 bits per heavy atom. The summed E-state index contributed by atoms with van der Waals surface area (Å²) in [5, 5.41) is 3.44. The van der Waals surface area contributed by atoms with Crippen molar-refractivity contribution in [3.05, 3.63) is 0 Å². The molecule has 17 heavy (non-hydrogen) atoms. The van der Waals surface area contributed by atoms with Crippen molar-refractivity contribution >= 4 is 18.3 Å². The predicted molar refractivity (Wildman–Crippen MR) is 72.5 cm³/mol. The van der Waals surface area contributed by atoms with Crippen molar-refractivity contribution in [3.63, 3.8) is 0 Å². The molecule has 1 amide bonds. The summed E-state index contributed by atoms with van der Waals surface area (Å²) in [7, 11) is 0. The maximum atomic E-state index is 12.5. The molecule has 0 radical (unpaired) electrons. The monoisotopic (exact) mass is 260 g/mol. The molecule has 2 saturated heterocycles. The summed E-state index contributed by atoms with van der Waals surface area (Å²) in [4.78, 5) is 14.6. The number of hydrogen-bond acceptors (Lipinski definition) is 2. The quantitative estimate of drug-likeness (QED) is 0.844. The van der Waals surface area contributed by atoms with Crippen molar-refractivity contribution in [1.29, 1.82) is 0 Å². The lowest BCUT2D eigenvalue weighted by Gasteiger charge is -2.31. The van der Waals surface area contributed by atoms with Crippen LogP contribution < -0.4 is 5.32 Å². The molecular formula is C13H25ClN2O. The zero-order chi connectivity index (χ0) is 11.6. The summed E-state index contributed by atoms with van der Waals surface area (Å²) in [6.07, 6.45) is 5.50. The third-order valence-corrected chi connectivity index (χ3v) is 4.41. The standard InChI is InChI=1S/C13H24N2O.ClH/c1-3-11-6-9-15(10-11)12(16)13(4-2)7-5-8-14-13;/h11,14H,3-10H2,1-2H3;1H. The van der Waals surface area contributed by atoms with Crippen LogP contribution in [0.5, 0.6) is 0 Å². The van der Waals surface area contributed by atoms with E-state index in [1.54, 1.807) is 0 Å². The van der Waals surface area contributed by atoms with E-state index >= 15 is 0 Å². The van der Waals surface area contributed by atoms with E-state index in [1.165, 1.54) is 12.8 Å². The van der Waals surface area contributed by atoms with Gasteiger partial charge in [0.25, 0.3) is 0 Å². The molecule has 2 unspecified atom stereocenters. The van der Waals surface area contributed by atoms with E-state index in [0.29, 0.717) is 5.91 Å². The Labute approximate surface area is 111 Å². The highest BCUT2D eigenvalue weighted by molar-refractivity contribution is 5.87. The first-order chi connectivity index (χ1) is 7.72. The highest BCUT2D eigenvalue weighted by Crippen LogP contribution is 2.29. The van der Waals surface area contributed by atoms with E-state index in [4.69, 9.17) is 0 Å². The molecule has 0 saturated carbocycles. The number of rotatable bonds is 3. The second kappa shape index (κ2) is 6.05. The van der Waals surface area contributed by atoms with Gasteiger partial charge in [-0.1, -0.05) is 20.3 Å². The summed E-state index contributed by atoms with van der Waals surface area (Å²) in [6.45, 7) is 7.32. The van der Waals surface area contributed by atoms with E-state index in [2.05, 4.69) is 24.1 Å². The molecule has 0 aliphatic carbocycles. The van der Waals surface area contributed by atoms with Crippen LogP contribution in [-0.2, 0) is 4.79 Å². The fourth-order valence-electron chi connectivity index (χ4n) is 3.09. The van der Waals surface area contributed by atoms with Crippen LogP contribution in [0.25, 0.3) is 0 Å². The van der Waals surface area contributed by atoms with Gasteiger partial charge in [-0.15, -0.1) is 12.4 Å². The van der Waals surface area contributed by atoms with Crippen LogP contribution >= 0.6 is 12.4 Å². The second-order valence-electron chi connectivity index (χ2n) is 5.28. The molecule has 3 nitrogen and oxygen atoms in total. The van der Waals surface area contributed by atoms with E-state index in [1.807, 2.05) is 0 Å². The molecule has 2 aliphatic heterocycles. The van der Waals surface area contributed by atoms with Gasteiger partial charge in [-0.2, -0.15) is 0 Å². The average molecular weight is 261 g/mol. The Kier molecular flexibility index (Phi) is 5.26. The Morgan fingerprint density at radius 3 is 2.71 bits per heavy atom. The van der Waals surface area contributed by atoms with Gasteiger partial charge < -0.3 is 10.2 Å². The first-order valence-corrected chi connectivity index (χ1v) is 6.76. The molecular weight excluding hydrogens is 236 g/mol. The van der Waals surface area contributed by atoms with Crippen LogP contribution in [0.15, 0.2) is 0 Å². The zero-order valence-electron chi connectivity index (χ0n) is 11.0. The second-order valence-corrected chi connectivity index (χ2v) is 5.28. The van der Waals surface area contributed by atoms with Crippen LogP contribution in [0, 0.1) is 5.92 Å². The van der Waals surface area contributed by atoms with Gasteiger partial charge in [0.05, 0.1) is 5.54 Å². The summed E-state index contributed by atoms with van der Waals surface area (Å²) < 4.78 is 0. The first kappa shape index (κ1) is 14.8. The van der Waals surface area contributed by atoms with Crippen LogP contribution in [0.3, 0.4) is 0 Å². The van der Waals surface area contributed by atoms with Crippen molar-refractivity contribution in [2.75, 3.05) is 19.6 Å². The molecule has 4 heteroatoms. The molecule has 2 aliphatic rings. The molecule has 0 spiro atoms. The molecule has 0 aromatic heterocycles. The van der Waals surface area contributed by atoms with E-state index in [9.17, 15) is 4.79 Å². The molecule has 2 rings (SSSR count). The van der Waals surface area contributed by atoms with Gasteiger partial charge >= 0.3 is 0 Å². The maximum Gasteiger partial charge on any atom is 0.242 e. The SMILES string of the molecule is CCC1CCN(C(=O)C2(CC)CCCN2)C1.Cl. The van der Waals surface area contributed by atoms with E-state index in [-0.39, 0.29) is 17.9 Å². The number of nitrogens with one attached hydrogen (secondary N) is 1. The first-order valence-electron chi connectivity index (χ1n) is 6.76. The minimum Gasteiger partial charge on any atom is -0.341 e. The van der Waals surface area contributed by atoms with E-state index in [0.717, 1.165) is 44.8 Å². The number of carbonyl (C=O) groups is 1. The maximum absolute atomic E-state index is 12.5. The van der Waals surface area contributed by atoms with Gasteiger partial charge in [0.1, 0.15) is 0 Å². The van der Waals surface area contributed by atoms with Gasteiger partial charge in [-0.3, -0.25) is 4.79 Å². The topological polar surface area (TPSA) is 32.3 Å². The van der Waals surface area contributed by atoms with Crippen molar-refractivity contribution in [2.24, 2.45) is 5.92 Å². The van der Waals surface area contributed by atoms with Crippen LogP contribution in [0.1, 0.15) is 46.0 Å². The van der Waals surface area contributed by atoms with Crippen molar-refractivity contribution in [3.8, 4) is 0 Å². The molecule has 2 fully saturated rings. The van der Waals surface area contributed by atoms with Gasteiger partial charge in [-0.05, 0) is 38.1 Å². The van der Waals surface area contributed by atoms with Gasteiger partial charge in [0.15, 0.2) is 0 Å². The normalized spacial score (nSPS) is 32.6. The van der Waals surface area contributed by atoms with Crippen molar-refractivity contribution in [2.45, 2.75) is 51.5 Å². The molecule has 0 bridgehead atoms. The molecule has 100 valence electrons. The Hall–Kier alpha value is -0.280. The lowest BCUT2D eigenvalue weighted by atomic mass is 9.92. The Morgan fingerprint density at radius 2 is 2.24 bits per heavy atom. The zero-order valence-corrected chi connectivity index (χ0v) is 11.8. The summed E-state index contributed by atoms with van der Waals surface area (Å²) in [5.41, 5.74) is -0.220. The fraction of sp³-hybridized carbons (Fsp3) is 0.923. The number of amides is 1. The molecule has 1 N–H and O–H groups in total. The number of likely N-dealkylation sites (tertiary alicyclic amines) is 1. The van der Waals surface area contributed by atoms with Crippen LogP contribution in [-0.4, -0.2) is 36.0 Å². The summed E-state index contributed by atoms with van der Waals surface area (Å²) in [5.74, 6) is 1.10. The Bertz CT molecular complexity index is 264. The molecule has 2 atom stereocenters. The van der Waals surface area contributed by atoms with Gasteiger partial charge in [-0.25, -0.2) is 0 Å². The lowest BCUT2D eigenvalue weighted by molar-refractivity contribution is -0.137. The number of nitrogens with zero attached hydrogens (tertiary/aromatic N) is 1. The minimum absolute atomic E-state index is 0. The Balaban J connectivity index is 0.00000144. The predicted octanol–water partition coefficient (Wildman–Crippen LogP) is 2.20. The fourth-order valence-corrected chi connectivity index (χ4v) is 3.09. The number of hydrogen-bond donors (Lipinski definition) is 1. The van der Waals surface area contributed by atoms with Crippen LogP contribution in [0.4, 0.5) is 0 Å². The minimum atomic E-state index is -0.220. The summed E-state index contributed by atoms with van der Waals surface area (Å²) in [6, 6.07) is 0. The number of halogens is 1. The highest BCUT2D eigenvalue weighted by atomic mass is 35.5. The summed E-state index contributed by atoms with van der Waals surface area (Å²) >= 11 is 0. The van der Waals surface area contributed by atoms with Crippen molar-refractivity contribution in [1.82, 2.24) is 10.2 Å². The van der Waals surface area contributed by atoms with Crippen LogP contribution in [0.2, 0.25) is 0 Å². The van der Waals surface area contributed by atoms with Gasteiger partial charge in [0.2, 0.25) is 5.91 Å². The molecule has 0 aromatic rings. The number of carbonyl (C=O) groups excluding carboxylic acids is 1. The molecule has 0 aromatic carbocycles. The largest absolute Gasteiger partial charge is 0.341 e. The van der Waals surface area contributed by atoms with E-state index < -0.39 is 0 Å². The molecule has 2 heterocycles. The van der Waals surface area contributed by atoms with Crippen molar-refractivity contribution < 1.29 is 4.79 Å². The highest BCUT2D eigenvalue weighted by Gasteiger charge is 2.43. The van der Waals surface area contributed by atoms with Gasteiger partial charge in [0, 0.05) is 13.1 Å². The lowest BCUT2D eigenvalue weighted by Crippen LogP contribution is -2.54. The smallest absolute Gasteiger partial charge is 0.242 e.